The van der Waals surface area contributed by atoms with Crippen LogP contribution < -0.4 is 5.43 Å². The summed E-state index contributed by atoms with van der Waals surface area (Å²) in [5.74, 6) is -1.41. The minimum absolute atomic E-state index is 0.127. The molecule has 1 aromatic heterocycles. The Labute approximate surface area is 154 Å². The number of aromatic carboxylic acids is 1. The molecule has 1 heterocycles. The largest absolute Gasteiger partial charge is 0.478 e. The van der Waals surface area contributed by atoms with Crippen molar-refractivity contribution < 1.29 is 14.7 Å². The summed E-state index contributed by atoms with van der Waals surface area (Å²) in [5, 5.41) is 14.4. The Morgan fingerprint density at radius 3 is 2.15 bits per heavy atom. The van der Waals surface area contributed by atoms with Gasteiger partial charge in [-0.15, -0.1) is 0 Å². The van der Waals surface area contributed by atoms with Crippen LogP contribution in [0.3, 0.4) is 0 Å². The molecule has 4 rings (SSSR count). The Bertz CT molecular complexity index is 1130. The van der Waals surface area contributed by atoms with Gasteiger partial charge < -0.3 is 5.11 Å². The Balaban J connectivity index is 1.70. The van der Waals surface area contributed by atoms with Gasteiger partial charge in [0.05, 0.1) is 11.1 Å². The third kappa shape index (κ3) is 3.16. The van der Waals surface area contributed by atoms with Crippen molar-refractivity contribution in [2.45, 2.75) is 0 Å². The summed E-state index contributed by atoms with van der Waals surface area (Å²) in [4.78, 5) is 25.0. The molecule has 0 atom stereocenters. The minimum Gasteiger partial charge on any atom is -0.478 e. The number of rotatable bonds is 4. The molecule has 0 fully saturated rings. The fraction of sp³-hybridized carbons (Fsp3) is 0. The van der Waals surface area contributed by atoms with Gasteiger partial charge in [-0.2, -0.15) is 9.89 Å². The van der Waals surface area contributed by atoms with Crippen LogP contribution >= 0.6 is 0 Å². The first kappa shape index (κ1) is 16.5. The topological polar surface area (TPSA) is 84.2 Å². The van der Waals surface area contributed by atoms with Crippen molar-refractivity contribution in [3.05, 3.63) is 90.0 Å². The minimum atomic E-state index is -1.03. The second-order valence-electron chi connectivity index (χ2n) is 5.97. The zero-order chi connectivity index (χ0) is 18.8. The summed E-state index contributed by atoms with van der Waals surface area (Å²) in [6, 6.07) is 23.1. The maximum absolute atomic E-state index is 12.6. The Hall–Kier alpha value is -3.93. The molecule has 4 aromatic rings. The van der Waals surface area contributed by atoms with E-state index in [0.29, 0.717) is 5.56 Å². The summed E-state index contributed by atoms with van der Waals surface area (Å²) >= 11 is 0. The van der Waals surface area contributed by atoms with Crippen molar-refractivity contribution >= 4 is 22.8 Å². The van der Waals surface area contributed by atoms with Gasteiger partial charge in [0.1, 0.15) is 5.69 Å². The first-order valence-electron chi connectivity index (χ1n) is 8.31. The molecule has 0 unspecified atom stereocenters. The fourth-order valence-corrected chi connectivity index (χ4v) is 2.89. The molecule has 6 nitrogen and oxygen atoms in total. The molecule has 0 saturated heterocycles. The lowest BCUT2D eigenvalue weighted by molar-refractivity contribution is 0.0696. The van der Waals surface area contributed by atoms with E-state index in [-0.39, 0.29) is 11.5 Å². The number of carbonyl (C=O) groups excluding carboxylic acids is 1. The molecular weight excluding hydrogens is 342 g/mol. The van der Waals surface area contributed by atoms with Crippen molar-refractivity contribution in [1.82, 2.24) is 9.89 Å². The highest BCUT2D eigenvalue weighted by Gasteiger charge is 2.14. The smallest absolute Gasteiger partial charge is 0.335 e. The van der Waals surface area contributed by atoms with Crippen molar-refractivity contribution in [2.24, 2.45) is 0 Å². The molecule has 0 saturated carbocycles. The van der Waals surface area contributed by atoms with Crippen LogP contribution in [0.4, 0.5) is 0 Å². The van der Waals surface area contributed by atoms with Crippen LogP contribution in [0.25, 0.3) is 22.2 Å². The molecule has 0 aliphatic rings. The number of carboxylic acid groups (broad SMARTS) is 1. The van der Waals surface area contributed by atoms with Crippen LogP contribution in [-0.4, -0.2) is 26.9 Å². The molecule has 27 heavy (non-hydrogen) atoms. The van der Waals surface area contributed by atoms with E-state index < -0.39 is 5.97 Å². The summed E-state index contributed by atoms with van der Waals surface area (Å²) in [5.41, 5.74) is 5.73. The van der Waals surface area contributed by atoms with Crippen LogP contribution in [0.1, 0.15) is 20.7 Å². The molecule has 3 aromatic carbocycles. The fourth-order valence-electron chi connectivity index (χ4n) is 2.89. The highest BCUT2D eigenvalue weighted by atomic mass is 16.4. The second-order valence-corrected chi connectivity index (χ2v) is 5.97. The number of carboxylic acids is 1. The number of carbonyl (C=O) groups is 2. The van der Waals surface area contributed by atoms with Gasteiger partial charge in [-0.3, -0.25) is 4.79 Å². The maximum Gasteiger partial charge on any atom is 0.335 e. The molecule has 0 aliphatic carbocycles. The zero-order valence-corrected chi connectivity index (χ0v) is 14.2. The Morgan fingerprint density at radius 1 is 0.815 bits per heavy atom. The van der Waals surface area contributed by atoms with E-state index in [0.717, 1.165) is 22.2 Å². The average molecular weight is 357 g/mol. The molecular formula is C21H15N3O3. The number of nitrogens with zero attached hydrogens (tertiary/aromatic N) is 2. The lowest BCUT2D eigenvalue weighted by Crippen LogP contribution is -2.24. The highest BCUT2D eigenvalue weighted by Crippen LogP contribution is 2.27. The van der Waals surface area contributed by atoms with Crippen molar-refractivity contribution in [2.75, 3.05) is 5.43 Å². The van der Waals surface area contributed by atoms with Gasteiger partial charge in [0, 0.05) is 16.5 Å². The van der Waals surface area contributed by atoms with E-state index in [1.807, 2.05) is 54.6 Å². The van der Waals surface area contributed by atoms with Crippen LogP contribution in [-0.2, 0) is 0 Å². The van der Waals surface area contributed by atoms with E-state index in [1.54, 1.807) is 0 Å². The van der Waals surface area contributed by atoms with Gasteiger partial charge >= 0.3 is 5.97 Å². The predicted octanol–water partition coefficient (Wildman–Crippen LogP) is 3.79. The van der Waals surface area contributed by atoms with E-state index in [1.165, 1.54) is 29.1 Å². The Kier molecular flexibility index (Phi) is 4.14. The van der Waals surface area contributed by atoms with Crippen LogP contribution in [0.5, 0.6) is 0 Å². The van der Waals surface area contributed by atoms with Crippen LogP contribution in [0.2, 0.25) is 0 Å². The van der Waals surface area contributed by atoms with E-state index >= 15 is 0 Å². The molecule has 0 spiro atoms. The van der Waals surface area contributed by atoms with E-state index in [2.05, 4.69) is 10.5 Å². The van der Waals surface area contributed by atoms with Gasteiger partial charge in [-0.25, -0.2) is 10.2 Å². The number of aromatic nitrogens is 2. The van der Waals surface area contributed by atoms with Gasteiger partial charge in [0.15, 0.2) is 0 Å². The molecule has 0 radical (unpaired) electrons. The van der Waals surface area contributed by atoms with Crippen molar-refractivity contribution in [3.63, 3.8) is 0 Å². The summed E-state index contributed by atoms with van der Waals surface area (Å²) < 4.78 is 0. The summed E-state index contributed by atoms with van der Waals surface area (Å²) in [7, 11) is 0. The zero-order valence-electron chi connectivity index (χ0n) is 14.2. The second kappa shape index (κ2) is 6.76. The lowest BCUT2D eigenvalue weighted by atomic mass is 10.1. The number of hydrogen-bond acceptors (Lipinski definition) is 3. The third-order valence-electron chi connectivity index (χ3n) is 4.24. The number of para-hydroxylation sites is 1. The molecule has 0 bridgehead atoms. The van der Waals surface area contributed by atoms with Crippen LogP contribution in [0.15, 0.2) is 78.9 Å². The van der Waals surface area contributed by atoms with E-state index in [9.17, 15) is 9.59 Å². The molecule has 0 aliphatic heterocycles. The number of nitrogens with one attached hydrogen (secondary N) is 1. The maximum atomic E-state index is 12.6. The normalized spacial score (nSPS) is 10.7. The highest BCUT2D eigenvalue weighted by molar-refractivity contribution is 6.02. The molecule has 132 valence electrons. The number of fused-ring (bicyclic) bond motifs is 1. The van der Waals surface area contributed by atoms with Gasteiger partial charge in [-0.05, 0) is 30.3 Å². The average Bonchev–Trinajstić information content (AvgIpc) is 3.07. The lowest BCUT2D eigenvalue weighted by Gasteiger charge is -2.06. The predicted molar refractivity (Wildman–Crippen MR) is 102 cm³/mol. The molecule has 2 N–H and O–H groups in total. The first-order valence-corrected chi connectivity index (χ1v) is 8.31. The van der Waals surface area contributed by atoms with Crippen molar-refractivity contribution in [3.8, 4) is 11.3 Å². The van der Waals surface area contributed by atoms with Crippen molar-refractivity contribution in [1.29, 1.82) is 0 Å². The van der Waals surface area contributed by atoms with Gasteiger partial charge in [-0.1, -0.05) is 48.5 Å². The van der Waals surface area contributed by atoms with E-state index in [4.69, 9.17) is 5.11 Å². The van der Waals surface area contributed by atoms with Crippen LogP contribution in [0, 0.1) is 0 Å². The summed E-state index contributed by atoms with van der Waals surface area (Å²) in [6.07, 6.45) is 0. The quantitative estimate of drug-likeness (QED) is 0.582. The molecule has 6 heteroatoms. The standard InChI is InChI=1S/C21H15N3O3/c25-20(15-10-12-16(13-11-15)21(26)27)23-24-18-9-5-4-8-17(18)19(22-24)14-6-2-1-3-7-14/h1-13H,(H,23,25)(H,26,27). The summed E-state index contributed by atoms with van der Waals surface area (Å²) in [6.45, 7) is 0. The Morgan fingerprint density at radius 2 is 1.44 bits per heavy atom. The van der Waals surface area contributed by atoms with Gasteiger partial charge in [0.25, 0.3) is 5.91 Å². The third-order valence-corrected chi connectivity index (χ3v) is 4.24. The number of hydrogen-bond donors (Lipinski definition) is 2. The molecule has 1 amide bonds. The SMILES string of the molecule is O=C(O)c1ccc(C(=O)Nn2nc(-c3ccccc3)c3ccccc32)cc1. The van der Waals surface area contributed by atoms with Gasteiger partial charge in [0.2, 0.25) is 0 Å². The monoisotopic (exact) mass is 357 g/mol. The first-order chi connectivity index (χ1) is 13.1. The number of benzene rings is 3. The number of amides is 1.